The van der Waals surface area contributed by atoms with Crippen molar-refractivity contribution in [2.75, 3.05) is 6.61 Å². The van der Waals surface area contributed by atoms with Crippen molar-refractivity contribution in [1.29, 1.82) is 0 Å². The molecule has 1 fully saturated rings. The minimum Gasteiger partial charge on any atom is -0.395 e. The number of halogens is 3. The number of hydrogen-bond donors (Lipinski definition) is 2. The summed E-state index contributed by atoms with van der Waals surface area (Å²) in [4.78, 5) is 0. The maximum absolute atomic E-state index is 12.3. The predicted octanol–water partition coefficient (Wildman–Crippen LogP) is 1.40. The summed E-state index contributed by atoms with van der Waals surface area (Å²) >= 11 is 0. The van der Waals surface area contributed by atoms with E-state index in [1.165, 1.54) is 10.9 Å². The lowest BCUT2D eigenvalue weighted by atomic mass is 10.2. The molecule has 0 radical (unpaired) electrons. The van der Waals surface area contributed by atoms with Crippen LogP contribution >= 0.6 is 0 Å². The maximum atomic E-state index is 12.3. The first-order valence-corrected chi connectivity index (χ1v) is 5.96. The van der Waals surface area contributed by atoms with E-state index in [4.69, 9.17) is 5.11 Å². The molecule has 2 rings (SSSR count). The molecule has 0 amide bonds. The van der Waals surface area contributed by atoms with Gasteiger partial charge in [0.1, 0.15) is 0 Å². The molecule has 1 saturated carbocycles. The molecule has 4 nitrogen and oxygen atoms in total. The summed E-state index contributed by atoms with van der Waals surface area (Å²) in [6.07, 6.45) is -0.304. The Hall–Kier alpha value is -1.08. The number of nitrogens with one attached hydrogen (secondary N) is 1. The average molecular weight is 263 g/mol. The molecule has 0 saturated heterocycles. The first kappa shape index (κ1) is 13.4. The molecule has 2 N–H and O–H groups in total. The number of aliphatic hydroxyl groups is 1. The van der Waals surface area contributed by atoms with Gasteiger partial charge in [-0.25, -0.2) is 0 Å². The number of aromatic nitrogens is 2. The van der Waals surface area contributed by atoms with Gasteiger partial charge in [-0.1, -0.05) is 0 Å². The molecule has 0 spiro atoms. The van der Waals surface area contributed by atoms with Gasteiger partial charge in [0.2, 0.25) is 0 Å². The van der Waals surface area contributed by atoms with E-state index in [9.17, 15) is 13.2 Å². The fourth-order valence-corrected chi connectivity index (χ4v) is 1.74. The lowest BCUT2D eigenvalue weighted by molar-refractivity contribution is -0.141. The van der Waals surface area contributed by atoms with Crippen molar-refractivity contribution in [3.8, 4) is 0 Å². The van der Waals surface area contributed by atoms with Crippen LogP contribution in [0.15, 0.2) is 12.3 Å². The topological polar surface area (TPSA) is 50.1 Å². The van der Waals surface area contributed by atoms with Crippen LogP contribution < -0.4 is 5.32 Å². The highest BCUT2D eigenvalue weighted by molar-refractivity contribution is 5.03. The summed E-state index contributed by atoms with van der Waals surface area (Å²) in [6.45, 7) is 0.352. The molecule has 1 heterocycles. The smallest absolute Gasteiger partial charge is 0.395 e. The third kappa shape index (κ3) is 3.71. The van der Waals surface area contributed by atoms with Gasteiger partial charge in [-0.05, 0) is 25.3 Å². The fourth-order valence-electron chi connectivity index (χ4n) is 1.74. The van der Waals surface area contributed by atoms with Gasteiger partial charge in [0.25, 0.3) is 0 Å². The molecule has 18 heavy (non-hydrogen) atoms. The van der Waals surface area contributed by atoms with Crippen molar-refractivity contribution in [2.45, 2.75) is 44.1 Å². The number of nitrogens with zero attached hydrogens (tertiary/aromatic N) is 2. The zero-order valence-corrected chi connectivity index (χ0v) is 9.82. The van der Waals surface area contributed by atoms with Crippen LogP contribution in [-0.2, 0) is 12.7 Å². The van der Waals surface area contributed by atoms with Crippen LogP contribution in [0.1, 0.15) is 25.0 Å². The molecule has 1 aliphatic carbocycles. The highest BCUT2D eigenvalue weighted by atomic mass is 19.4. The Bertz CT molecular complexity index is 387. The van der Waals surface area contributed by atoms with E-state index in [0.29, 0.717) is 19.0 Å². The van der Waals surface area contributed by atoms with Crippen LogP contribution in [0.5, 0.6) is 0 Å². The first-order chi connectivity index (χ1) is 8.49. The van der Waals surface area contributed by atoms with Crippen LogP contribution in [0.3, 0.4) is 0 Å². The van der Waals surface area contributed by atoms with Crippen LogP contribution in [0, 0.1) is 0 Å². The van der Waals surface area contributed by atoms with E-state index < -0.39 is 11.9 Å². The lowest BCUT2D eigenvalue weighted by Crippen LogP contribution is -2.35. The molecular weight excluding hydrogens is 247 g/mol. The summed E-state index contributed by atoms with van der Waals surface area (Å²) in [6, 6.07) is 1.35. The Morgan fingerprint density at radius 3 is 2.72 bits per heavy atom. The molecule has 1 aliphatic rings. The van der Waals surface area contributed by atoms with Crippen LogP contribution in [0.2, 0.25) is 0 Å². The second-order valence-electron chi connectivity index (χ2n) is 4.57. The summed E-state index contributed by atoms with van der Waals surface area (Å²) in [7, 11) is 0. The van der Waals surface area contributed by atoms with E-state index in [1.54, 1.807) is 0 Å². The van der Waals surface area contributed by atoms with Gasteiger partial charge in [-0.2, -0.15) is 18.3 Å². The Balaban J connectivity index is 1.83. The third-order valence-electron chi connectivity index (χ3n) is 2.91. The highest BCUT2D eigenvalue weighted by Crippen LogP contribution is 2.27. The Labute approximate surface area is 103 Å². The monoisotopic (exact) mass is 263 g/mol. The zero-order chi connectivity index (χ0) is 13.2. The van der Waals surface area contributed by atoms with Crippen molar-refractivity contribution in [3.63, 3.8) is 0 Å². The van der Waals surface area contributed by atoms with Crippen LogP contribution in [-0.4, -0.2) is 33.6 Å². The van der Waals surface area contributed by atoms with E-state index >= 15 is 0 Å². The highest BCUT2D eigenvalue weighted by Gasteiger charge is 2.33. The number of aryl methyl sites for hydroxylation is 1. The normalized spacial score (nSPS) is 18.0. The molecule has 1 unspecified atom stereocenters. The molecule has 102 valence electrons. The van der Waals surface area contributed by atoms with E-state index in [2.05, 4.69) is 10.4 Å². The van der Waals surface area contributed by atoms with Crippen molar-refractivity contribution in [2.24, 2.45) is 0 Å². The molecular formula is C11H16F3N3O. The van der Waals surface area contributed by atoms with Gasteiger partial charge in [0, 0.05) is 24.8 Å². The molecule has 0 bridgehead atoms. The van der Waals surface area contributed by atoms with Gasteiger partial charge in [0.05, 0.1) is 6.61 Å². The quantitative estimate of drug-likeness (QED) is 0.815. The molecule has 1 atom stereocenters. The molecule has 7 heteroatoms. The Morgan fingerprint density at radius 1 is 1.50 bits per heavy atom. The number of hydrogen-bond acceptors (Lipinski definition) is 3. The standard InChI is InChI=1S/C11H16F3N3O/c12-11(13,14)10-4-6-17(16-10)5-3-9(7-18)15-8-1-2-8/h4,6,8-9,15,18H,1-3,5,7H2. The first-order valence-electron chi connectivity index (χ1n) is 5.96. The van der Waals surface area contributed by atoms with Gasteiger partial charge in [-0.3, -0.25) is 4.68 Å². The van der Waals surface area contributed by atoms with Gasteiger partial charge >= 0.3 is 6.18 Å². The van der Waals surface area contributed by atoms with E-state index in [-0.39, 0.29) is 12.6 Å². The van der Waals surface area contributed by atoms with Crippen molar-refractivity contribution in [3.05, 3.63) is 18.0 Å². The van der Waals surface area contributed by atoms with Crippen LogP contribution in [0.4, 0.5) is 13.2 Å². The largest absolute Gasteiger partial charge is 0.435 e. The summed E-state index contributed by atoms with van der Waals surface area (Å²) < 4.78 is 38.2. The fraction of sp³-hybridized carbons (Fsp3) is 0.727. The van der Waals surface area contributed by atoms with Crippen LogP contribution in [0.25, 0.3) is 0 Å². The van der Waals surface area contributed by atoms with Gasteiger partial charge < -0.3 is 10.4 Å². The second kappa shape index (κ2) is 5.27. The average Bonchev–Trinajstić information content (AvgIpc) is 2.97. The Morgan fingerprint density at radius 2 is 2.22 bits per heavy atom. The Kier molecular flexibility index (Phi) is 3.91. The van der Waals surface area contributed by atoms with Crippen molar-refractivity contribution >= 4 is 0 Å². The predicted molar refractivity (Wildman–Crippen MR) is 58.9 cm³/mol. The number of alkyl halides is 3. The summed E-state index contributed by atoms with van der Waals surface area (Å²) in [5.41, 5.74) is -0.877. The molecule has 0 aliphatic heterocycles. The SMILES string of the molecule is OCC(CCn1ccc(C(F)(F)F)n1)NC1CC1. The number of aliphatic hydroxyl groups excluding tert-OH is 1. The third-order valence-corrected chi connectivity index (χ3v) is 2.91. The van der Waals surface area contributed by atoms with Gasteiger partial charge in [0.15, 0.2) is 5.69 Å². The maximum Gasteiger partial charge on any atom is 0.435 e. The minimum absolute atomic E-state index is 0.0100. The van der Waals surface area contributed by atoms with Crippen molar-refractivity contribution in [1.82, 2.24) is 15.1 Å². The summed E-state index contributed by atoms with van der Waals surface area (Å²) in [5.74, 6) is 0. The van der Waals surface area contributed by atoms with Crippen molar-refractivity contribution < 1.29 is 18.3 Å². The molecule has 0 aromatic carbocycles. The second-order valence-corrected chi connectivity index (χ2v) is 4.57. The van der Waals surface area contributed by atoms with E-state index in [1.807, 2.05) is 0 Å². The lowest BCUT2D eigenvalue weighted by Gasteiger charge is -2.15. The molecule has 1 aromatic rings. The van der Waals surface area contributed by atoms with Gasteiger partial charge in [-0.15, -0.1) is 0 Å². The summed E-state index contributed by atoms with van der Waals surface area (Å²) in [5, 5.41) is 15.8. The zero-order valence-electron chi connectivity index (χ0n) is 9.82. The minimum atomic E-state index is -4.39. The molecule has 1 aromatic heterocycles. The van der Waals surface area contributed by atoms with E-state index in [0.717, 1.165) is 18.9 Å². The number of rotatable bonds is 6.